The summed E-state index contributed by atoms with van der Waals surface area (Å²) in [5.74, 6) is -0.106. The molecular weight excluding hydrogens is 272 g/mol. The lowest BCUT2D eigenvalue weighted by atomic mass is 9.93. The van der Waals surface area contributed by atoms with Crippen LogP contribution < -0.4 is 11.1 Å². The zero-order chi connectivity index (χ0) is 12.9. The van der Waals surface area contributed by atoms with Crippen molar-refractivity contribution in [1.29, 1.82) is 0 Å². The number of hydrogen-bond donors (Lipinski definition) is 2. The molecule has 1 aromatic rings. The summed E-state index contributed by atoms with van der Waals surface area (Å²) in [6.45, 7) is 6.47. The molecule has 0 saturated carbocycles. The average Bonchev–Trinajstić information content (AvgIpc) is 2.84. The van der Waals surface area contributed by atoms with Gasteiger partial charge in [0.15, 0.2) is 0 Å². The maximum Gasteiger partial charge on any atom is 0.265 e. The summed E-state index contributed by atoms with van der Waals surface area (Å²) < 4.78 is 3.82. The summed E-state index contributed by atoms with van der Waals surface area (Å²) in [6.07, 6.45) is 2.35. The Bertz CT molecular complexity index is 371. The van der Waals surface area contributed by atoms with Crippen LogP contribution in [0.1, 0.15) is 49.0 Å². The highest BCUT2D eigenvalue weighted by Gasteiger charge is 2.28. The van der Waals surface area contributed by atoms with Crippen molar-refractivity contribution in [2.24, 2.45) is 5.73 Å². The molecule has 3 N–H and O–H groups in total. The molecule has 1 amide bonds. The fourth-order valence-electron chi connectivity index (χ4n) is 1.68. The molecule has 0 radical (unpaired) electrons. The first kappa shape index (κ1) is 17.3. The van der Waals surface area contributed by atoms with Crippen LogP contribution in [0.4, 0.5) is 0 Å². The molecule has 104 valence electrons. The van der Waals surface area contributed by atoms with Crippen molar-refractivity contribution >= 4 is 29.8 Å². The standard InChI is InChI=1S/C11H20N4OS.ClH/c1-4-8-9(17-15-14-8)10(16)13-11(5-2,6-3)7-12;/h4-7,12H2,1-3H3,(H,13,16);1H. The molecule has 0 atom stereocenters. The molecule has 18 heavy (non-hydrogen) atoms. The number of aromatic nitrogens is 2. The zero-order valence-corrected chi connectivity index (χ0v) is 12.7. The Balaban J connectivity index is 0.00000289. The monoisotopic (exact) mass is 292 g/mol. The average molecular weight is 293 g/mol. The number of nitrogens with two attached hydrogens (primary N) is 1. The second-order valence-electron chi connectivity index (χ2n) is 4.05. The van der Waals surface area contributed by atoms with E-state index in [1.54, 1.807) is 0 Å². The smallest absolute Gasteiger partial charge is 0.265 e. The van der Waals surface area contributed by atoms with Crippen molar-refractivity contribution in [3.63, 3.8) is 0 Å². The summed E-state index contributed by atoms with van der Waals surface area (Å²) in [4.78, 5) is 12.7. The van der Waals surface area contributed by atoms with E-state index in [9.17, 15) is 4.79 Å². The normalized spacial score (nSPS) is 10.9. The highest BCUT2D eigenvalue weighted by Crippen LogP contribution is 2.17. The van der Waals surface area contributed by atoms with E-state index in [0.29, 0.717) is 17.8 Å². The Kier molecular flexibility index (Phi) is 7.35. The summed E-state index contributed by atoms with van der Waals surface area (Å²) in [5.41, 5.74) is 6.20. The van der Waals surface area contributed by atoms with Gasteiger partial charge in [0, 0.05) is 6.54 Å². The molecule has 0 unspecified atom stereocenters. The Hall–Kier alpha value is -0.720. The minimum Gasteiger partial charge on any atom is -0.345 e. The van der Waals surface area contributed by atoms with Gasteiger partial charge < -0.3 is 11.1 Å². The van der Waals surface area contributed by atoms with Gasteiger partial charge in [-0.2, -0.15) is 0 Å². The maximum atomic E-state index is 12.1. The van der Waals surface area contributed by atoms with Gasteiger partial charge in [0.25, 0.3) is 5.91 Å². The summed E-state index contributed by atoms with van der Waals surface area (Å²) >= 11 is 1.14. The third kappa shape index (κ3) is 3.63. The van der Waals surface area contributed by atoms with Crippen LogP contribution in [0.2, 0.25) is 0 Å². The Morgan fingerprint density at radius 1 is 1.39 bits per heavy atom. The van der Waals surface area contributed by atoms with Gasteiger partial charge >= 0.3 is 0 Å². The fourth-order valence-corrected chi connectivity index (χ4v) is 2.32. The molecule has 0 spiro atoms. The largest absolute Gasteiger partial charge is 0.345 e. The summed E-state index contributed by atoms with van der Waals surface area (Å²) in [5, 5.41) is 6.96. The van der Waals surface area contributed by atoms with Gasteiger partial charge in [0.05, 0.1) is 11.2 Å². The number of halogens is 1. The number of aryl methyl sites for hydroxylation is 1. The van der Waals surface area contributed by atoms with E-state index in [1.807, 2.05) is 20.8 Å². The van der Waals surface area contributed by atoms with Gasteiger partial charge in [-0.05, 0) is 30.8 Å². The molecule has 1 heterocycles. The minimum atomic E-state index is -0.313. The summed E-state index contributed by atoms with van der Waals surface area (Å²) in [7, 11) is 0. The second-order valence-corrected chi connectivity index (χ2v) is 4.80. The third-order valence-electron chi connectivity index (χ3n) is 3.22. The second kappa shape index (κ2) is 7.66. The predicted octanol–water partition coefficient (Wildman–Crippen LogP) is 1.77. The van der Waals surface area contributed by atoms with Crippen molar-refractivity contribution in [3.8, 4) is 0 Å². The lowest BCUT2D eigenvalue weighted by molar-refractivity contribution is 0.0898. The van der Waals surface area contributed by atoms with Crippen LogP contribution in [0.3, 0.4) is 0 Å². The number of carbonyl (C=O) groups is 1. The molecule has 0 aliphatic carbocycles. The molecule has 1 rings (SSSR count). The first-order chi connectivity index (χ1) is 8.12. The number of amides is 1. The molecule has 0 saturated heterocycles. The van der Waals surface area contributed by atoms with E-state index in [0.717, 1.165) is 30.1 Å². The lowest BCUT2D eigenvalue weighted by Crippen LogP contribution is -2.52. The van der Waals surface area contributed by atoms with Crippen molar-refractivity contribution in [2.75, 3.05) is 6.54 Å². The molecular formula is C11H21ClN4OS. The minimum absolute atomic E-state index is 0. The Morgan fingerprint density at radius 3 is 2.44 bits per heavy atom. The van der Waals surface area contributed by atoms with Crippen LogP contribution in [0.15, 0.2) is 0 Å². The number of carbonyl (C=O) groups excluding carboxylic acids is 1. The van der Waals surface area contributed by atoms with Gasteiger partial charge in [-0.25, -0.2) is 0 Å². The number of rotatable bonds is 6. The van der Waals surface area contributed by atoms with Crippen LogP contribution in [-0.2, 0) is 6.42 Å². The highest BCUT2D eigenvalue weighted by atomic mass is 35.5. The third-order valence-corrected chi connectivity index (χ3v) is 3.99. The number of hydrogen-bond acceptors (Lipinski definition) is 5. The van der Waals surface area contributed by atoms with Gasteiger partial charge in [0.1, 0.15) is 4.88 Å². The van der Waals surface area contributed by atoms with E-state index in [-0.39, 0.29) is 23.9 Å². The molecule has 0 aromatic carbocycles. The van der Waals surface area contributed by atoms with Gasteiger partial charge in [-0.1, -0.05) is 25.3 Å². The van der Waals surface area contributed by atoms with E-state index in [1.165, 1.54) is 0 Å². The van der Waals surface area contributed by atoms with E-state index in [2.05, 4.69) is 14.9 Å². The predicted molar refractivity (Wildman–Crippen MR) is 76.4 cm³/mol. The van der Waals surface area contributed by atoms with Crippen LogP contribution in [0.5, 0.6) is 0 Å². The van der Waals surface area contributed by atoms with Crippen molar-refractivity contribution in [3.05, 3.63) is 10.6 Å². The molecule has 1 aromatic heterocycles. The molecule has 0 fully saturated rings. The quantitative estimate of drug-likeness (QED) is 0.837. The summed E-state index contributed by atoms with van der Waals surface area (Å²) in [6, 6.07) is 0. The van der Waals surface area contributed by atoms with Crippen LogP contribution in [-0.4, -0.2) is 27.6 Å². The first-order valence-corrected chi connectivity index (χ1v) is 6.73. The Labute approximate surface area is 118 Å². The topological polar surface area (TPSA) is 80.9 Å². The van der Waals surface area contributed by atoms with E-state index >= 15 is 0 Å². The maximum absolute atomic E-state index is 12.1. The number of nitrogens with one attached hydrogen (secondary N) is 1. The van der Waals surface area contributed by atoms with Gasteiger partial charge in [-0.15, -0.1) is 17.5 Å². The van der Waals surface area contributed by atoms with Crippen molar-refractivity contribution in [1.82, 2.24) is 14.9 Å². The first-order valence-electron chi connectivity index (χ1n) is 5.96. The van der Waals surface area contributed by atoms with Crippen molar-refractivity contribution < 1.29 is 4.79 Å². The molecule has 0 bridgehead atoms. The SMILES string of the molecule is CCc1nnsc1C(=O)NC(CC)(CC)CN.Cl. The van der Waals surface area contributed by atoms with Crippen LogP contribution >= 0.6 is 23.9 Å². The lowest BCUT2D eigenvalue weighted by Gasteiger charge is -2.31. The van der Waals surface area contributed by atoms with E-state index < -0.39 is 0 Å². The van der Waals surface area contributed by atoms with Gasteiger partial charge in [-0.3, -0.25) is 4.79 Å². The Morgan fingerprint density at radius 2 is 2.00 bits per heavy atom. The van der Waals surface area contributed by atoms with Crippen molar-refractivity contribution in [2.45, 2.75) is 45.6 Å². The zero-order valence-electron chi connectivity index (χ0n) is 11.0. The number of nitrogens with zero attached hydrogens (tertiary/aromatic N) is 2. The van der Waals surface area contributed by atoms with Crippen LogP contribution in [0.25, 0.3) is 0 Å². The van der Waals surface area contributed by atoms with E-state index in [4.69, 9.17) is 5.73 Å². The van der Waals surface area contributed by atoms with Crippen LogP contribution in [0, 0.1) is 0 Å². The molecule has 7 heteroatoms. The highest BCUT2D eigenvalue weighted by molar-refractivity contribution is 7.08. The fraction of sp³-hybridized carbons (Fsp3) is 0.727. The molecule has 0 aliphatic rings. The van der Waals surface area contributed by atoms with Gasteiger partial charge in [0.2, 0.25) is 0 Å². The molecule has 5 nitrogen and oxygen atoms in total. The molecule has 0 aliphatic heterocycles.